The van der Waals surface area contributed by atoms with Crippen molar-refractivity contribution in [1.82, 2.24) is 19.8 Å². The van der Waals surface area contributed by atoms with Gasteiger partial charge in [0.2, 0.25) is 0 Å². The van der Waals surface area contributed by atoms with Crippen LogP contribution in [0.1, 0.15) is 40.3 Å². The van der Waals surface area contributed by atoms with Gasteiger partial charge in [-0.1, -0.05) is 59.6 Å². The summed E-state index contributed by atoms with van der Waals surface area (Å²) in [4.78, 5) is 6.93. The van der Waals surface area contributed by atoms with E-state index in [-0.39, 0.29) is 12.1 Å². The number of hydrogen-bond acceptors (Lipinski definition) is 2. The summed E-state index contributed by atoms with van der Waals surface area (Å²) in [5.74, 6) is 0. The Balaban J connectivity index is 1.63. The number of nitrogens with one attached hydrogen (secondary N) is 1. The van der Waals surface area contributed by atoms with E-state index >= 15 is 0 Å². The third kappa shape index (κ3) is 4.20. The number of pyridine rings is 1. The quantitative estimate of drug-likeness (QED) is 0.296. The van der Waals surface area contributed by atoms with Crippen molar-refractivity contribution in [2.75, 3.05) is 0 Å². The van der Waals surface area contributed by atoms with E-state index in [0.717, 1.165) is 27.9 Å². The summed E-state index contributed by atoms with van der Waals surface area (Å²) in [7, 11) is 0. The van der Waals surface area contributed by atoms with Crippen LogP contribution in [0.15, 0.2) is 79.0 Å². The van der Waals surface area contributed by atoms with Crippen molar-refractivity contribution < 1.29 is 0 Å². The maximum atomic E-state index is 6.60. The Hall–Kier alpha value is -2.86. The van der Waals surface area contributed by atoms with Gasteiger partial charge in [0.1, 0.15) is 0 Å². The lowest BCUT2D eigenvalue weighted by atomic mass is 9.96. The highest BCUT2D eigenvalue weighted by molar-refractivity contribution is 7.80. The molecule has 1 aliphatic heterocycles. The molecule has 0 aliphatic carbocycles. The van der Waals surface area contributed by atoms with E-state index in [9.17, 15) is 0 Å². The smallest absolute Gasteiger partial charge is 0.170 e. The highest BCUT2D eigenvalue weighted by Crippen LogP contribution is 2.42. The molecule has 172 valence electrons. The van der Waals surface area contributed by atoms with Gasteiger partial charge < -0.3 is 14.8 Å². The average molecular weight is 507 g/mol. The molecule has 0 radical (unpaired) electrons. The Labute approximate surface area is 215 Å². The molecule has 0 spiro atoms. The van der Waals surface area contributed by atoms with Crippen molar-refractivity contribution in [3.63, 3.8) is 0 Å². The van der Waals surface area contributed by atoms with Crippen LogP contribution < -0.4 is 5.32 Å². The number of rotatable bonds is 5. The zero-order valence-electron chi connectivity index (χ0n) is 18.9. The van der Waals surface area contributed by atoms with E-state index in [1.807, 2.05) is 36.5 Å². The Bertz CT molecular complexity index is 1340. The first kappa shape index (κ1) is 22.9. The molecule has 4 nitrogen and oxygen atoms in total. The fourth-order valence-electron chi connectivity index (χ4n) is 4.81. The van der Waals surface area contributed by atoms with Gasteiger partial charge in [-0.05, 0) is 73.6 Å². The lowest BCUT2D eigenvalue weighted by molar-refractivity contribution is 0.310. The summed E-state index contributed by atoms with van der Waals surface area (Å²) in [5.41, 5.74) is 6.45. The van der Waals surface area contributed by atoms with Gasteiger partial charge in [-0.25, -0.2) is 0 Å². The van der Waals surface area contributed by atoms with Crippen LogP contribution in [-0.4, -0.2) is 19.6 Å². The standard InChI is InChI=1S/C27H24Cl2N4S/c1-17-14-21(18(2)33(17)24-12-11-20(28)15-22(24)29)26-25(23-10-6-7-13-30-23)31-27(34)32(26)16-19-8-4-3-5-9-19/h3-15,25-26H,16H2,1-2H3,(H,31,34)/t25-,26-/m1/s1. The molecule has 1 fully saturated rings. The average Bonchev–Trinajstić information content (AvgIpc) is 3.30. The first-order chi connectivity index (χ1) is 16.4. The fraction of sp³-hybridized carbons (Fsp3) is 0.185. The summed E-state index contributed by atoms with van der Waals surface area (Å²) >= 11 is 18.6. The molecule has 0 bridgehead atoms. The largest absolute Gasteiger partial charge is 0.352 e. The molecule has 2 atom stereocenters. The Morgan fingerprint density at radius 1 is 0.971 bits per heavy atom. The minimum Gasteiger partial charge on any atom is -0.352 e. The van der Waals surface area contributed by atoms with Gasteiger partial charge in [0.25, 0.3) is 0 Å². The van der Waals surface area contributed by atoms with Gasteiger partial charge in [0, 0.05) is 29.2 Å². The number of thiocarbonyl (C=S) groups is 1. The van der Waals surface area contributed by atoms with Gasteiger partial charge in [0.15, 0.2) is 5.11 Å². The van der Waals surface area contributed by atoms with Crippen LogP contribution in [0.3, 0.4) is 0 Å². The van der Waals surface area contributed by atoms with E-state index in [2.05, 4.69) is 70.0 Å². The molecular formula is C27H24Cl2N4S. The second-order valence-corrected chi connectivity index (χ2v) is 9.73. The van der Waals surface area contributed by atoms with Gasteiger partial charge in [-0.2, -0.15) is 0 Å². The molecule has 34 heavy (non-hydrogen) atoms. The molecule has 4 aromatic rings. The Morgan fingerprint density at radius 3 is 2.44 bits per heavy atom. The molecule has 7 heteroatoms. The highest BCUT2D eigenvalue weighted by atomic mass is 35.5. The fourth-order valence-corrected chi connectivity index (χ4v) is 5.61. The van der Waals surface area contributed by atoms with Gasteiger partial charge >= 0.3 is 0 Å². The summed E-state index contributed by atoms with van der Waals surface area (Å²) in [5, 5.41) is 5.50. The number of benzene rings is 2. The van der Waals surface area contributed by atoms with Crippen molar-refractivity contribution in [1.29, 1.82) is 0 Å². The molecule has 0 unspecified atom stereocenters. The maximum absolute atomic E-state index is 6.60. The van der Waals surface area contributed by atoms with E-state index in [4.69, 9.17) is 35.4 Å². The van der Waals surface area contributed by atoms with Crippen LogP contribution in [0.25, 0.3) is 5.69 Å². The lowest BCUT2D eigenvalue weighted by Gasteiger charge is -2.28. The second kappa shape index (κ2) is 9.41. The molecule has 1 saturated heterocycles. The van der Waals surface area contributed by atoms with Crippen molar-refractivity contribution in [3.8, 4) is 5.69 Å². The zero-order chi connectivity index (χ0) is 23.8. The van der Waals surface area contributed by atoms with Crippen molar-refractivity contribution in [2.24, 2.45) is 0 Å². The number of hydrogen-bond donors (Lipinski definition) is 1. The van der Waals surface area contributed by atoms with Crippen LogP contribution in [0.4, 0.5) is 0 Å². The molecule has 5 rings (SSSR count). The Morgan fingerprint density at radius 2 is 1.74 bits per heavy atom. The van der Waals surface area contributed by atoms with Crippen LogP contribution in [0.2, 0.25) is 10.0 Å². The molecule has 1 N–H and O–H groups in total. The van der Waals surface area contributed by atoms with Crippen LogP contribution >= 0.6 is 35.4 Å². The van der Waals surface area contributed by atoms with Gasteiger partial charge in [-0.3, -0.25) is 4.98 Å². The summed E-state index contributed by atoms with van der Waals surface area (Å²) in [6.07, 6.45) is 1.83. The van der Waals surface area contributed by atoms with Crippen LogP contribution in [-0.2, 0) is 6.54 Å². The SMILES string of the molecule is Cc1cc([C@@H]2[C@@H](c3ccccn3)NC(=S)N2Cc2ccccc2)c(C)n1-c1ccc(Cl)cc1Cl. The minimum absolute atomic E-state index is 0.0337. The number of nitrogens with zero attached hydrogens (tertiary/aromatic N) is 3. The van der Waals surface area contributed by atoms with Crippen LogP contribution in [0.5, 0.6) is 0 Å². The highest BCUT2D eigenvalue weighted by Gasteiger charge is 2.41. The van der Waals surface area contributed by atoms with Crippen LogP contribution in [0, 0.1) is 13.8 Å². The zero-order valence-corrected chi connectivity index (χ0v) is 21.2. The molecule has 3 heterocycles. The monoisotopic (exact) mass is 506 g/mol. The van der Waals surface area contributed by atoms with Crippen molar-refractivity contribution >= 4 is 40.5 Å². The maximum Gasteiger partial charge on any atom is 0.170 e. The molecule has 0 amide bonds. The number of halogens is 2. The molecular weight excluding hydrogens is 483 g/mol. The third-order valence-electron chi connectivity index (χ3n) is 6.33. The summed E-state index contributed by atoms with van der Waals surface area (Å²) < 4.78 is 2.19. The lowest BCUT2D eigenvalue weighted by Crippen LogP contribution is -2.29. The van der Waals surface area contributed by atoms with Gasteiger partial charge in [0.05, 0.1) is 28.5 Å². The molecule has 2 aromatic carbocycles. The van der Waals surface area contributed by atoms with E-state index < -0.39 is 0 Å². The minimum atomic E-state index is -0.0768. The predicted octanol–water partition coefficient (Wildman–Crippen LogP) is 6.97. The normalized spacial score (nSPS) is 17.8. The van der Waals surface area contributed by atoms with E-state index in [0.29, 0.717) is 16.6 Å². The molecule has 2 aromatic heterocycles. The van der Waals surface area contributed by atoms with Crippen molar-refractivity contribution in [3.05, 3.63) is 117 Å². The van der Waals surface area contributed by atoms with E-state index in [1.54, 1.807) is 6.07 Å². The first-order valence-corrected chi connectivity index (χ1v) is 12.3. The summed E-state index contributed by atoms with van der Waals surface area (Å²) in [6.45, 7) is 4.93. The number of aryl methyl sites for hydroxylation is 1. The molecule has 1 aliphatic rings. The van der Waals surface area contributed by atoms with E-state index in [1.165, 1.54) is 11.1 Å². The van der Waals surface area contributed by atoms with Crippen molar-refractivity contribution in [2.45, 2.75) is 32.5 Å². The summed E-state index contributed by atoms with van der Waals surface area (Å²) in [6, 6.07) is 24.1. The second-order valence-electron chi connectivity index (χ2n) is 8.50. The Kier molecular flexibility index (Phi) is 6.34. The van der Waals surface area contributed by atoms with Gasteiger partial charge in [-0.15, -0.1) is 0 Å². The first-order valence-electron chi connectivity index (χ1n) is 11.1. The molecule has 0 saturated carbocycles. The number of aromatic nitrogens is 2. The predicted molar refractivity (Wildman–Crippen MR) is 143 cm³/mol. The topological polar surface area (TPSA) is 33.1 Å². The third-order valence-corrected chi connectivity index (χ3v) is 7.22.